The Balaban J connectivity index is 1.83. The van der Waals surface area contributed by atoms with Crippen molar-refractivity contribution in [3.05, 3.63) is 75.2 Å². The first-order chi connectivity index (χ1) is 13.5. The Morgan fingerprint density at radius 3 is 2.46 bits per heavy atom. The second-order valence-electron chi connectivity index (χ2n) is 5.56. The van der Waals surface area contributed by atoms with Crippen LogP contribution in [0.2, 0.25) is 5.02 Å². The Bertz CT molecular complexity index is 1030. The van der Waals surface area contributed by atoms with Gasteiger partial charge in [-0.1, -0.05) is 17.7 Å². The Labute approximate surface area is 164 Å². The molecule has 0 aliphatic carbocycles. The normalized spacial score (nSPS) is 10.2. The predicted molar refractivity (Wildman–Crippen MR) is 103 cm³/mol. The van der Waals surface area contributed by atoms with E-state index in [1.807, 2.05) is 0 Å². The largest absolute Gasteiger partial charge is 0.355 e. The smallest absolute Gasteiger partial charge is 0.319 e. The van der Waals surface area contributed by atoms with Gasteiger partial charge in [0.2, 0.25) is 11.6 Å². The molecule has 2 heterocycles. The fraction of sp³-hybridized carbons (Fsp3) is 0.0588. The molecule has 0 radical (unpaired) electrons. The number of hydrogen-bond acceptors (Lipinski definition) is 8. The second kappa shape index (κ2) is 8.27. The highest BCUT2D eigenvalue weighted by molar-refractivity contribution is 6.30. The molecule has 0 aliphatic rings. The van der Waals surface area contributed by atoms with Gasteiger partial charge in [-0.25, -0.2) is 15.0 Å². The molecule has 0 unspecified atom stereocenters. The molecule has 0 atom stereocenters. The Kier molecular flexibility index (Phi) is 5.61. The van der Waals surface area contributed by atoms with Crippen LogP contribution in [0.15, 0.2) is 48.9 Å². The van der Waals surface area contributed by atoms with Crippen LogP contribution in [0.3, 0.4) is 0 Å². The average molecular weight is 400 g/mol. The number of pyridine rings is 1. The molecule has 10 nitrogen and oxygen atoms in total. The molecular weight excluding hydrogens is 386 g/mol. The Morgan fingerprint density at radius 2 is 1.79 bits per heavy atom. The van der Waals surface area contributed by atoms with Crippen LogP contribution in [0.1, 0.15) is 15.9 Å². The predicted octanol–water partition coefficient (Wildman–Crippen LogP) is 3.24. The van der Waals surface area contributed by atoms with Gasteiger partial charge in [0.05, 0.1) is 4.92 Å². The van der Waals surface area contributed by atoms with Crippen molar-refractivity contribution in [1.29, 1.82) is 0 Å². The number of nitro groups is 1. The summed E-state index contributed by atoms with van der Waals surface area (Å²) in [7, 11) is 0. The second-order valence-corrected chi connectivity index (χ2v) is 5.99. The third-order valence-electron chi connectivity index (χ3n) is 3.65. The zero-order valence-corrected chi connectivity index (χ0v) is 15.3. The maximum absolute atomic E-state index is 12.2. The van der Waals surface area contributed by atoms with Crippen molar-refractivity contribution in [3.63, 3.8) is 0 Å². The van der Waals surface area contributed by atoms with E-state index in [9.17, 15) is 14.9 Å². The number of hydrazine groups is 1. The van der Waals surface area contributed by atoms with Gasteiger partial charge in [-0.3, -0.25) is 25.8 Å². The van der Waals surface area contributed by atoms with Gasteiger partial charge in [-0.2, -0.15) is 0 Å². The summed E-state index contributed by atoms with van der Waals surface area (Å²) in [5.74, 6) is -0.344. The van der Waals surface area contributed by atoms with Gasteiger partial charge < -0.3 is 5.32 Å². The Hall–Kier alpha value is -3.79. The zero-order valence-electron chi connectivity index (χ0n) is 14.5. The first kappa shape index (κ1) is 19.0. The number of rotatable bonds is 6. The van der Waals surface area contributed by atoms with E-state index >= 15 is 0 Å². The molecule has 0 aliphatic heterocycles. The number of nitrogens with zero attached hydrogens (tertiary/aromatic N) is 4. The number of amides is 1. The summed E-state index contributed by atoms with van der Waals surface area (Å²) in [5.41, 5.74) is 5.48. The number of aryl methyl sites for hydroxylation is 1. The molecule has 0 fully saturated rings. The van der Waals surface area contributed by atoms with Crippen LogP contribution in [0.4, 0.5) is 23.1 Å². The van der Waals surface area contributed by atoms with Crippen molar-refractivity contribution in [2.45, 2.75) is 6.92 Å². The first-order valence-corrected chi connectivity index (χ1v) is 8.33. The SMILES string of the molecule is Cc1cccnc1Nc1ncnc(NNC(=O)c2ccc(Cl)cc2)c1[N+](=O)[O-]. The number of aromatic nitrogens is 3. The van der Waals surface area contributed by atoms with Crippen LogP contribution >= 0.6 is 11.6 Å². The topological polar surface area (TPSA) is 135 Å². The van der Waals surface area contributed by atoms with Gasteiger partial charge in [0.1, 0.15) is 12.1 Å². The third-order valence-corrected chi connectivity index (χ3v) is 3.90. The minimum Gasteiger partial charge on any atom is -0.319 e. The third kappa shape index (κ3) is 4.30. The van der Waals surface area contributed by atoms with Crippen molar-refractivity contribution in [3.8, 4) is 0 Å². The molecule has 142 valence electrons. The minimum absolute atomic E-state index is 0.0648. The van der Waals surface area contributed by atoms with E-state index in [2.05, 4.69) is 31.1 Å². The average Bonchev–Trinajstić information content (AvgIpc) is 2.68. The van der Waals surface area contributed by atoms with Crippen molar-refractivity contribution in [2.24, 2.45) is 0 Å². The summed E-state index contributed by atoms with van der Waals surface area (Å²) >= 11 is 5.79. The molecule has 28 heavy (non-hydrogen) atoms. The van der Waals surface area contributed by atoms with Crippen molar-refractivity contribution in [1.82, 2.24) is 20.4 Å². The molecule has 1 amide bonds. The van der Waals surface area contributed by atoms with E-state index in [0.717, 1.165) is 11.9 Å². The fourth-order valence-electron chi connectivity index (χ4n) is 2.25. The van der Waals surface area contributed by atoms with Gasteiger partial charge >= 0.3 is 5.69 Å². The van der Waals surface area contributed by atoms with Gasteiger partial charge in [-0.15, -0.1) is 0 Å². The van der Waals surface area contributed by atoms with E-state index in [1.54, 1.807) is 37.4 Å². The summed E-state index contributed by atoms with van der Waals surface area (Å²) in [5, 5.41) is 14.9. The molecule has 2 aromatic heterocycles. The maximum atomic E-state index is 12.2. The monoisotopic (exact) mass is 399 g/mol. The van der Waals surface area contributed by atoms with Crippen LogP contribution in [0.25, 0.3) is 0 Å². The van der Waals surface area contributed by atoms with Crippen LogP contribution in [0.5, 0.6) is 0 Å². The lowest BCUT2D eigenvalue weighted by atomic mass is 10.2. The highest BCUT2D eigenvalue weighted by Crippen LogP contribution is 2.30. The molecule has 3 aromatic rings. The highest BCUT2D eigenvalue weighted by atomic mass is 35.5. The first-order valence-electron chi connectivity index (χ1n) is 7.95. The Morgan fingerprint density at radius 1 is 1.07 bits per heavy atom. The zero-order chi connectivity index (χ0) is 20.1. The van der Waals surface area contributed by atoms with Crippen molar-refractivity contribution < 1.29 is 9.72 Å². The van der Waals surface area contributed by atoms with Crippen molar-refractivity contribution >= 4 is 40.6 Å². The molecule has 0 saturated carbocycles. The number of nitrogens with one attached hydrogen (secondary N) is 3. The van der Waals surface area contributed by atoms with E-state index < -0.39 is 16.5 Å². The quantitative estimate of drug-likeness (QED) is 0.424. The van der Waals surface area contributed by atoms with E-state index in [4.69, 9.17) is 11.6 Å². The molecule has 0 spiro atoms. The fourth-order valence-corrected chi connectivity index (χ4v) is 2.38. The maximum Gasteiger partial charge on any atom is 0.355 e. The summed E-state index contributed by atoms with van der Waals surface area (Å²) in [6.45, 7) is 1.80. The summed E-state index contributed by atoms with van der Waals surface area (Å²) in [6.07, 6.45) is 2.68. The van der Waals surface area contributed by atoms with Gasteiger partial charge in [-0.05, 0) is 42.8 Å². The number of benzene rings is 1. The van der Waals surface area contributed by atoms with Crippen molar-refractivity contribution in [2.75, 3.05) is 10.7 Å². The molecule has 3 N–H and O–H groups in total. The van der Waals surface area contributed by atoms with Crippen LogP contribution in [0, 0.1) is 17.0 Å². The lowest BCUT2D eigenvalue weighted by Gasteiger charge is -2.11. The molecule has 0 bridgehead atoms. The number of carbonyl (C=O) groups excluding carboxylic acids is 1. The van der Waals surface area contributed by atoms with E-state index in [0.29, 0.717) is 16.4 Å². The van der Waals surface area contributed by atoms with Crippen LogP contribution in [-0.2, 0) is 0 Å². The number of anilines is 3. The number of hydrogen-bond donors (Lipinski definition) is 3. The van der Waals surface area contributed by atoms with Gasteiger partial charge in [0, 0.05) is 16.8 Å². The molecular formula is C17H14ClN7O3. The molecule has 0 saturated heterocycles. The van der Waals surface area contributed by atoms with E-state index in [-0.39, 0.29) is 11.6 Å². The van der Waals surface area contributed by atoms with E-state index in [1.165, 1.54) is 12.1 Å². The van der Waals surface area contributed by atoms with Gasteiger partial charge in [0.15, 0.2) is 0 Å². The molecule has 1 aromatic carbocycles. The molecule has 3 rings (SSSR count). The standard InChI is InChI=1S/C17H14ClN7O3/c1-10-3-2-8-19-14(10)22-15-13(25(27)28)16(21-9-20-15)23-24-17(26)11-4-6-12(18)7-5-11/h2-9H,1H3,(H,24,26)(H2,19,20,21,22,23). The van der Waals surface area contributed by atoms with Crippen LogP contribution in [-0.4, -0.2) is 25.8 Å². The highest BCUT2D eigenvalue weighted by Gasteiger charge is 2.24. The molecule has 11 heteroatoms. The van der Waals surface area contributed by atoms with Gasteiger partial charge in [0.25, 0.3) is 5.91 Å². The number of carbonyl (C=O) groups is 1. The summed E-state index contributed by atoms with van der Waals surface area (Å²) in [6, 6.07) is 9.69. The van der Waals surface area contributed by atoms with Crippen LogP contribution < -0.4 is 16.2 Å². The summed E-state index contributed by atoms with van der Waals surface area (Å²) in [4.78, 5) is 35.0. The lowest BCUT2D eigenvalue weighted by molar-refractivity contribution is -0.383. The summed E-state index contributed by atoms with van der Waals surface area (Å²) < 4.78 is 0. The minimum atomic E-state index is -0.655. The number of halogens is 1. The lowest BCUT2D eigenvalue weighted by Crippen LogP contribution is -2.30.